The van der Waals surface area contributed by atoms with Crippen LogP contribution in [0.1, 0.15) is 29.9 Å². The number of nitriles is 2. The van der Waals surface area contributed by atoms with Crippen LogP contribution in [-0.4, -0.2) is 13.7 Å². The number of rotatable bonds is 7. The summed E-state index contributed by atoms with van der Waals surface area (Å²) in [5, 5.41) is 18.1. The fourth-order valence-electron chi connectivity index (χ4n) is 2.30. The van der Waals surface area contributed by atoms with Gasteiger partial charge in [0.1, 0.15) is 0 Å². The van der Waals surface area contributed by atoms with Crippen molar-refractivity contribution in [2.75, 3.05) is 13.7 Å². The third-order valence-electron chi connectivity index (χ3n) is 3.56. The number of benzene rings is 2. The van der Waals surface area contributed by atoms with E-state index in [9.17, 15) is 5.26 Å². The second-order valence-electron chi connectivity index (χ2n) is 5.06. The molecule has 0 saturated heterocycles. The largest absolute Gasteiger partial charge is 0.493 e. The van der Waals surface area contributed by atoms with Crippen LogP contribution in [0.3, 0.4) is 0 Å². The van der Waals surface area contributed by atoms with Gasteiger partial charge < -0.3 is 9.47 Å². The summed E-state index contributed by atoms with van der Waals surface area (Å²) >= 11 is 0. The first-order valence-corrected chi connectivity index (χ1v) is 7.44. The quantitative estimate of drug-likeness (QED) is 0.724. The molecule has 0 bridgehead atoms. The Bertz CT molecular complexity index is 711. The van der Waals surface area contributed by atoms with Gasteiger partial charge in [-0.25, -0.2) is 0 Å². The molecular weight excluding hydrogens is 288 g/mol. The molecule has 0 aliphatic carbocycles. The summed E-state index contributed by atoms with van der Waals surface area (Å²) in [4.78, 5) is 0. The standard InChI is InChI=1S/C19H18N2O2/c1-22-18-6-2-3-7-19(18)23-12-4-5-17(14-21)16-10-8-15(13-20)9-11-16/h2-3,6-11,17H,4-5,12H2,1H3. The highest BCUT2D eigenvalue weighted by Gasteiger charge is 2.11. The molecule has 1 atom stereocenters. The Kier molecular flexibility index (Phi) is 6.03. The highest BCUT2D eigenvalue weighted by Crippen LogP contribution is 2.26. The molecule has 0 radical (unpaired) electrons. The minimum atomic E-state index is -0.191. The van der Waals surface area contributed by atoms with Crippen LogP contribution in [0.4, 0.5) is 0 Å². The minimum Gasteiger partial charge on any atom is -0.493 e. The van der Waals surface area contributed by atoms with Crippen LogP contribution in [0.2, 0.25) is 0 Å². The molecule has 0 aliphatic heterocycles. The molecule has 0 saturated carbocycles. The lowest BCUT2D eigenvalue weighted by Crippen LogP contribution is -2.03. The average Bonchev–Trinajstić information content (AvgIpc) is 2.62. The molecule has 0 amide bonds. The first-order valence-electron chi connectivity index (χ1n) is 7.44. The van der Waals surface area contributed by atoms with Gasteiger partial charge in [0.05, 0.1) is 37.3 Å². The summed E-state index contributed by atoms with van der Waals surface area (Å²) in [5.41, 5.74) is 1.54. The number of ether oxygens (including phenoxy) is 2. The zero-order valence-corrected chi connectivity index (χ0v) is 13.0. The fourth-order valence-corrected chi connectivity index (χ4v) is 2.30. The van der Waals surface area contributed by atoms with Crippen molar-refractivity contribution in [2.24, 2.45) is 0 Å². The Morgan fingerprint density at radius 2 is 1.70 bits per heavy atom. The Hall–Kier alpha value is -2.98. The van der Waals surface area contributed by atoms with Gasteiger partial charge in [-0.2, -0.15) is 10.5 Å². The maximum absolute atomic E-state index is 9.33. The van der Waals surface area contributed by atoms with Crippen molar-refractivity contribution in [3.05, 3.63) is 59.7 Å². The molecule has 0 heterocycles. The summed E-state index contributed by atoms with van der Waals surface area (Å²) in [7, 11) is 1.61. The fraction of sp³-hybridized carbons (Fsp3) is 0.263. The molecule has 1 unspecified atom stereocenters. The van der Waals surface area contributed by atoms with E-state index in [2.05, 4.69) is 12.1 Å². The van der Waals surface area contributed by atoms with E-state index >= 15 is 0 Å². The predicted molar refractivity (Wildman–Crippen MR) is 87.2 cm³/mol. The van der Waals surface area contributed by atoms with Crippen molar-refractivity contribution in [1.82, 2.24) is 0 Å². The number of hydrogen-bond donors (Lipinski definition) is 0. The van der Waals surface area contributed by atoms with Gasteiger partial charge in [-0.3, -0.25) is 0 Å². The third-order valence-corrected chi connectivity index (χ3v) is 3.56. The number of nitrogens with zero attached hydrogens (tertiary/aromatic N) is 2. The summed E-state index contributed by atoms with van der Waals surface area (Å²) in [6, 6.07) is 19.1. The van der Waals surface area contributed by atoms with Gasteiger partial charge in [0.25, 0.3) is 0 Å². The zero-order valence-electron chi connectivity index (χ0n) is 13.0. The van der Waals surface area contributed by atoms with Gasteiger partial charge in [0.15, 0.2) is 11.5 Å². The van der Waals surface area contributed by atoms with Gasteiger partial charge >= 0.3 is 0 Å². The Labute approximate surface area is 136 Å². The zero-order chi connectivity index (χ0) is 16.5. The molecule has 4 heteroatoms. The van der Waals surface area contributed by atoms with E-state index < -0.39 is 0 Å². The lowest BCUT2D eigenvalue weighted by atomic mass is 9.95. The summed E-state index contributed by atoms with van der Waals surface area (Å²) in [6.45, 7) is 0.523. The van der Waals surface area contributed by atoms with Gasteiger partial charge in [-0.15, -0.1) is 0 Å². The van der Waals surface area contributed by atoms with Gasteiger partial charge in [0.2, 0.25) is 0 Å². The van der Waals surface area contributed by atoms with Crippen molar-refractivity contribution in [3.8, 4) is 23.6 Å². The molecular formula is C19H18N2O2. The molecule has 2 rings (SSSR count). The molecule has 0 aromatic heterocycles. The van der Waals surface area contributed by atoms with Crippen molar-refractivity contribution < 1.29 is 9.47 Å². The highest BCUT2D eigenvalue weighted by atomic mass is 16.5. The van der Waals surface area contributed by atoms with Gasteiger partial charge in [-0.05, 0) is 42.7 Å². The lowest BCUT2D eigenvalue weighted by Gasteiger charge is -2.12. The van der Waals surface area contributed by atoms with Crippen molar-refractivity contribution >= 4 is 0 Å². The molecule has 0 N–H and O–H groups in total. The molecule has 0 spiro atoms. The van der Waals surface area contributed by atoms with Crippen LogP contribution in [0.25, 0.3) is 0 Å². The second kappa shape index (κ2) is 8.46. The normalized spacial score (nSPS) is 11.1. The van der Waals surface area contributed by atoms with Crippen LogP contribution in [0.5, 0.6) is 11.5 Å². The Morgan fingerprint density at radius 1 is 1.00 bits per heavy atom. The SMILES string of the molecule is COc1ccccc1OCCCC(C#N)c1ccc(C#N)cc1. The van der Waals surface area contributed by atoms with E-state index in [0.29, 0.717) is 30.1 Å². The number of methoxy groups -OCH3 is 1. The van der Waals surface area contributed by atoms with Gasteiger partial charge in [0, 0.05) is 0 Å². The molecule has 0 fully saturated rings. The van der Waals surface area contributed by atoms with Crippen molar-refractivity contribution in [1.29, 1.82) is 10.5 Å². The van der Waals surface area contributed by atoms with Crippen LogP contribution < -0.4 is 9.47 Å². The van der Waals surface area contributed by atoms with E-state index in [-0.39, 0.29) is 5.92 Å². The number of hydrogen-bond acceptors (Lipinski definition) is 4. The first kappa shape index (κ1) is 16.4. The molecule has 2 aromatic rings. The first-order chi connectivity index (χ1) is 11.3. The summed E-state index contributed by atoms with van der Waals surface area (Å²) in [5.74, 6) is 1.22. The number of para-hydroxylation sites is 2. The van der Waals surface area contributed by atoms with E-state index in [4.69, 9.17) is 14.7 Å². The average molecular weight is 306 g/mol. The smallest absolute Gasteiger partial charge is 0.161 e. The van der Waals surface area contributed by atoms with Gasteiger partial charge in [-0.1, -0.05) is 24.3 Å². The third kappa shape index (κ3) is 4.49. The van der Waals surface area contributed by atoms with E-state index in [1.165, 1.54) is 0 Å². The Morgan fingerprint density at radius 3 is 2.30 bits per heavy atom. The minimum absolute atomic E-state index is 0.191. The Balaban J connectivity index is 1.86. The van der Waals surface area contributed by atoms with Crippen LogP contribution in [-0.2, 0) is 0 Å². The summed E-state index contributed by atoms with van der Waals surface area (Å²) in [6.07, 6.45) is 1.47. The van der Waals surface area contributed by atoms with Crippen molar-refractivity contribution in [2.45, 2.75) is 18.8 Å². The van der Waals surface area contributed by atoms with Crippen LogP contribution in [0.15, 0.2) is 48.5 Å². The molecule has 4 nitrogen and oxygen atoms in total. The molecule has 116 valence electrons. The second-order valence-corrected chi connectivity index (χ2v) is 5.06. The van der Waals surface area contributed by atoms with Crippen LogP contribution in [0, 0.1) is 22.7 Å². The molecule has 2 aromatic carbocycles. The van der Waals surface area contributed by atoms with E-state index in [0.717, 1.165) is 12.0 Å². The van der Waals surface area contributed by atoms with Crippen LogP contribution >= 0.6 is 0 Å². The summed E-state index contributed by atoms with van der Waals surface area (Å²) < 4.78 is 10.9. The maximum Gasteiger partial charge on any atom is 0.161 e. The monoisotopic (exact) mass is 306 g/mol. The highest BCUT2D eigenvalue weighted by molar-refractivity contribution is 5.39. The van der Waals surface area contributed by atoms with E-state index in [1.807, 2.05) is 36.4 Å². The maximum atomic E-state index is 9.33. The molecule has 23 heavy (non-hydrogen) atoms. The lowest BCUT2D eigenvalue weighted by molar-refractivity contribution is 0.285. The molecule has 0 aliphatic rings. The van der Waals surface area contributed by atoms with E-state index in [1.54, 1.807) is 19.2 Å². The van der Waals surface area contributed by atoms with Crippen molar-refractivity contribution in [3.63, 3.8) is 0 Å². The predicted octanol–water partition coefficient (Wildman–Crippen LogP) is 4.03. The topological polar surface area (TPSA) is 66.0 Å².